The number of hydrogen-bond donors (Lipinski definition) is 1. The molecule has 0 unspecified atom stereocenters. The number of unbranched alkanes of at least 4 members (excludes halogenated alkanes) is 1. The minimum absolute atomic E-state index is 0.449. The maximum Gasteiger partial charge on any atom is 0.330 e. The molecule has 0 aliphatic rings. The molecule has 0 aromatic carbocycles. The molecule has 3 heteroatoms. The van der Waals surface area contributed by atoms with Crippen LogP contribution in [0.4, 0.5) is 0 Å². The van der Waals surface area contributed by atoms with Gasteiger partial charge in [0.05, 0.1) is 0 Å². The van der Waals surface area contributed by atoms with Gasteiger partial charge in [0.15, 0.2) is 0 Å². The molecule has 0 aliphatic carbocycles. The van der Waals surface area contributed by atoms with E-state index in [2.05, 4.69) is 18.7 Å². The van der Waals surface area contributed by atoms with E-state index in [0.29, 0.717) is 5.57 Å². The summed E-state index contributed by atoms with van der Waals surface area (Å²) in [4.78, 5) is 12.8. The van der Waals surface area contributed by atoms with Crippen molar-refractivity contribution in [2.75, 3.05) is 19.6 Å². The largest absolute Gasteiger partial charge is 0.478 e. The maximum atomic E-state index is 10.5. The first kappa shape index (κ1) is 13.2. The number of carboxylic acids is 1. The van der Waals surface area contributed by atoms with Gasteiger partial charge in [-0.15, -0.1) is 0 Å². The molecular weight excluding hydrogens is 178 g/mol. The Balaban J connectivity index is 3.64. The molecule has 0 radical (unpaired) electrons. The number of hydrogen-bond acceptors (Lipinski definition) is 2. The maximum absolute atomic E-state index is 10.5. The molecule has 82 valence electrons. The normalized spacial score (nSPS) is 12.1. The van der Waals surface area contributed by atoms with Gasteiger partial charge in [0, 0.05) is 5.57 Å². The van der Waals surface area contributed by atoms with Crippen molar-refractivity contribution in [2.45, 2.75) is 33.6 Å². The lowest BCUT2D eigenvalue weighted by atomic mass is 10.2. The predicted octanol–water partition coefficient (Wildman–Crippen LogP) is 2.14. The van der Waals surface area contributed by atoms with Crippen LogP contribution < -0.4 is 0 Å². The van der Waals surface area contributed by atoms with E-state index < -0.39 is 5.97 Å². The molecule has 0 atom stereocenters. The van der Waals surface area contributed by atoms with E-state index in [1.54, 1.807) is 13.0 Å². The van der Waals surface area contributed by atoms with Crippen molar-refractivity contribution in [3.05, 3.63) is 11.6 Å². The first-order chi connectivity index (χ1) is 6.61. The van der Waals surface area contributed by atoms with Crippen LogP contribution in [-0.4, -0.2) is 35.6 Å². The molecule has 14 heavy (non-hydrogen) atoms. The molecule has 0 amide bonds. The quantitative estimate of drug-likeness (QED) is 0.504. The molecule has 0 rings (SSSR count). The van der Waals surface area contributed by atoms with E-state index in [9.17, 15) is 4.79 Å². The van der Waals surface area contributed by atoms with Gasteiger partial charge in [-0.05, 0) is 39.4 Å². The molecule has 0 aromatic rings. The van der Waals surface area contributed by atoms with Crippen LogP contribution in [0.3, 0.4) is 0 Å². The van der Waals surface area contributed by atoms with E-state index >= 15 is 0 Å². The summed E-state index contributed by atoms with van der Waals surface area (Å²) in [6.45, 7) is 9.11. The van der Waals surface area contributed by atoms with Gasteiger partial charge >= 0.3 is 5.97 Å². The third-order valence-corrected chi connectivity index (χ3v) is 2.36. The highest BCUT2D eigenvalue weighted by atomic mass is 16.4. The minimum Gasteiger partial charge on any atom is -0.478 e. The van der Waals surface area contributed by atoms with Crippen molar-refractivity contribution in [3.8, 4) is 0 Å². The van der Waals surface area contributed by atoms with Crippen molar-refractivity contribution in [1.82, 2.24) is 4.90 Å². The highest BCUT2D eigenvalue weighted by molar-refractivity contribution is 5.85. The van der Waals surface area contributed by atoms with E-state index in [1.165, 1.54) is 0 Å². The number of carbonyl (C=O) groups is 1. The van der Waals surface area contributed by atoms with Crippen molar-refractivity contribution in [2.24, 2.45) is 0 Å². The Morgan fingerprint density at radius 1 is 1.36 bits per heavy atom. The number of nitrogens with zero attached hydrogens (tertiary/aromatic N) is 1. The number of aliphatic carboxylic acids is 1. The van der Waals surface area contributed by atoms with Gasteiger partial charge in [-0.3, -0.25) is 0 Å². The summed E-state index contributed by atoms with van der Waals surface area (Å²) < 4.78 is 0. The van der Waals surface area contributed by atoms with Gasteiger partial charge < -0.3 is 10.0 Å². The third-order valence-electron chi connectivity index (χ3n) is 2.36. The molecule has 0 fully saturated rings. The second kappa shape index (κ2) is 7.56. The molecule has 0 saturated carbocycles. The molecule has 3 nitrogen and oxygen atoms in total. The summed E-state index contributed by atoms with van der Waals surface area (Å²) in [6.07, 6.45) is 3.69. The molecule has 1 N–H and O–H groups in total. The van der Waals surface area contributed by atoms with Gasteiger partial charge in [0.2, 0.25) is 0 Å². The topological polar surface area (TPSA) is 40.5 Å². The van der Waals surface area contributed by atoms with Crippen LogP contribution in [0.1, 0.15) is 33.6 Å². The Morgan fingerprint density at radius 3 is 2.36 bits per heavy atom. The summed E-state index contributed by atoms with van der Waals surface area (Å²) in [5.41, 5.74) is 0.449. The first-order valence-corrected chi connectivity index (χ1v) is 5.24. The van der Waals surface area contributed by atoms with Crippen molar-refractivity contribution < 1.29 is 9.90 Å². The summed E-state index contributed by atoms with van der Waals surface area (Å²) in [5.74, 6) is -0.812. The average Bonchev–Trinajstić information content (AvgIpc) is 2.17. The second-order valence-electron chi connectivity index (χ2n) is 3.36. The summed E-state index contributed by atoms with van der Waals surface area (Å²) in [7, 11) is 0. The van der Waals surface area contributed by atoms with Crippen molar-refractivity contribution >= 4 is 5.97 Å². The molecule has 0 bridgehead atoms. The smallest absolute Gasteiger partial charge is 0.330 e. The van der Waals surface area contributed by atoms with Gasteiger partial charge in [0.25, 0.3) is 0 Å². The van der Waals surface area contributed by atoms with Gasteiger partial charge in [0.1, 0.15) is 0 Å². The van der Waals surface area contributed by atoms with Crippen LogP contribution in [0.15, 0.2) is 11.6 Å². The lowest BCUT2D eigenvalue weighted by molar-refractivity contribution is -0.132. The minimum atomic E-state index is -0.812. The van der Waals surface area contributed by atoms with Crippen molar-refractivity contribution in [1.29, 1.82) is 0 Å². The third kappa shape index (κ3) is 5.75. The average molecular weight is 199 g/mol. The second-order valence-corrected chi connectivity index (χ2v) is 3.36. The monoisotopic (exact) mass is 199 g/mol. The van der Waals surface area contributed by atoms with Crippen LogP contribution >= 0.6 is 0 Å². The Morgan fingerprint density at radius 2 is 1.93 bits per heavy atom. The fourth-order valence-corrected chi connectivity index (χ4v) is 1.26. The number of carboxylic acid groups (broad SMARTS) is 1. The van der Waals surface area contributed by atoms with Crippen molar-refractivity contribution in [3.63, 3.8) is 0 Å². The highest BCUT2D eigenvalue weighted by Gasteiger charge is 1.99. The lowest BCUT2D eigenvalue weighted by Gasteiger charge is -2.16. The van der Waals surface area contributed by atoms with Gasteiger partial charge in [-0.25, -0.2) is 4.79 Å². The molecule has 0 spiro atoms. The summed E-state index contributed by atoms with van der Waals surface area (Å²) in [5, 5.41) is 8.60. The SMILES string of the molecule is CCN(CC)CCC/C=C(\C)C(=O)O. The number of allylic oxidation sites excluding steroid dienone is 1. The first-order valence-electron chi connectivity index (χ1n) is 5.24. The zero-order valence-corrected chi connectivity index (χ0v) is 9.42. The fraction of sp³-hybridized carbons (Fsp3) is 0.727. The predicted molar refractivity (Wildman–Crippen MR) is 58.4 cm³/mol. The van der Waals surface area contributed by atoms with Crippen LogP contribution in [0.5, 0.6) is 0 Å². The Bertz CT molecular complexity index is 195. The van der Waals surface area contributed by atoms with E-state index in [0.717, 1.165) is 32.5 Å². The van der Waals surface area contributed by atoms with E-state index in [4.69, 9.17) is 5.11 Å². The molecule has 0 saturated heterocycles. The Kier molecular flexibility index (Phi) is 7.11. The zero-order chi connectivity index (χ0) is 11.0. The highest BCUT2D eigenvalue weighted by Crippen LogP contribution is 2.00. The van der Waals surface area contributed by atoms with Gasteiger partial charge in [-0.1, -0.05) is 19.9 Å². The standard InChI is InChI=1S/C11H21NO2/c1-4-12(5-2)9-7-6-8-10(3)11(13)14/h8H,4-7,9H2,1-3H3,(H,13,14)/b10-8+. The van der Waals surface area contributed by atoms with Crippen LogP contribution in [-0.2, 0) is 4.79 Å². The van der Waals surface area contributed by atoms with Crippen LogP contribution in [0.25, 0.3) is 0 Å². The zero-order valence-electron chi connectivity index (χ0n) is 9.42. The van der Waals surface area contributed by atoms with Gasteiger partial charge in [-0.2, -0.15) is 0 Å². The molecule has 0 aromatic heterocycles. The molecule has 0 aliphatic heterocycles. The Labute approximate surface area is 86.4 Å². The lowest BCUT2D eigenvalue weighted by Crippen LogP contribution is -2.23. The van der Waals surface area contributed by atoms with Crippen LogP contribution in [0, 0.1) is 0 Å². The summed E-state index contributed by atoms with van der Waals surface area (Å²) >= 11 is 0. The fourth-order valence-electron chi connectivity index (χ4n) is 1.26. The number of rotatable bonds is 7. The Hall–Kier alpha value is -0.830. The summed E-state index contributed by atoms with van der Waals surface area (Å²) in [6, 6.07) is 0. The van der Waals surface area contributed by atoms with Crippen LogP contribution in [0.2, 0.25) is 0 Å². The van der Waals surface area contributed by atoms with E-state index in [-0.39, 0.29) is 0 Å². The molecular formula is C11H21NO2. The molecule has 0 heterocycles. The van der Waals surface area contributed by atoms with E-state index in [1.807, 2.05) is 0 Å².